The third-order valence-electron chi connectivity index (χ3n) is 4.11. The molecule has 0 spiro atoms. The zero-order chi connectivity index (χ0) is 18.7. The summed E-state index contributed by atoms with van der Waals surface area (Å²) in [6.07, 6.45) is 1.70. The molecule has 0 fully saturated rings. The first-order valence-corrected chi connectivity index (χ1v) is 8.20. The Balaban J connectivity index is 2.01. The van der Waals surface area contributed by atoms with Crippen LogP contribution in [0.1, 0.15) is 36.1 Å². The lowest BCUT2D eigenvalue weighted by atomic mass is 9.83. The Bertz CT molecular complexity index is 893. The molecule has 5 N–H and O–H groups in total. The van der Waals surface area contributed by atoms with Crippen LogP contribution in [0.2, 0.25) is 0 Å². The van der Waals surface area contributed by atoms with Crippen molar-refractivity contribution in [3.8, 4) is 17.7 Å². The molecular weight excluding hydrogens is 334 g/mol. The number of nitriles is 1. The minimum absolute atomic E-state index is 0.0496. The van der Waals surface area contributed by atoms with E-state index in [9.17, 15) is 10.1 Å². The molecule has 3 rings (SSSR count). The van der Waals surface area contributed by atoms with E-state index in [4.69, 9.17) is 20.9 Å². The number of aryl methyl sites for hydroxylation is 1. The summed E-state index contributed by atoms with van der Waals surface area (Å²) in [5.41, 5.74) is 13.9. The number of fused-ring (bicyclic) bond motifs is 1. The third-order valence-corrected chi connectivity index (χ3v) is 4.11. The Morgan fingerprint density at radius 1 is 1.42 bits per heavy atom. The number of rotatable bonds is 6. The molecule has 0 saturated heterocycles. The molecule has 2 heterocycles. The number of ether oxygens (including phenoxy) is 2. The van der Waals surface area contributed by atoms with Crippen LogP contribution in [0, 0.1) is 11.3 Å². The van der Waals surface area contributed by atoms with Crippen LogP contribution in [0.15, 0.2) is 35.7 Å². The minimum atomic E-state index is -0.548. The minimum Gasteiger partial charge on any atom is -0.484 e. The SMILES string of the molecule is CCCc1[nH]nc2c1[C@@H](c1ccc(OCC(N)=O)cc1)C(C#N)=C(N)O2. The monoisotopic (exact) mass is 353 g/mol. The highest BCUT2D eigenvalue weighted by Crippen LogP contribution is 2.43. The molecule has 1 aromatic carbocycles. The fourth-order valence-electron chi connectivity index (χ4n) is 2.99. The first-order chi connectivity index (χ1) is 12.5. The molecular formula is C18H19N5O3. The summed E-state index contributed by atoms with van der Waals surface area (Å²) < 4.78 is 10.8. The maximum atomic E-state index is 10.8. The van der Waals surface area contributed by atoms with E-state index < -0.39 is 5.91 Å². The van der Waals surface area contributed by atoms with Gasteiger partial charge in [0.2, 0.25) is 11.8 Å². The van der Waals surface area contributed by atoms with Gasteiger partial charge in [0.1, 0.15) is 17.4 Å². The second-order valence-electron chi connectivity index (χ2n) is 5.92. The van der Waals surface area contributed by atoms with Gasteiger partial charge in [-0.2, -0.15) is 5.26 Å². The molecule has 1 aliphatic heterocycles. The molecule has 1 amide bonds. The fraction of sp³-hybridized carbons (Fsp3) is 0.278. The van der Waals surface area contributed by atoms with Crippen molar-refractivity contribution in [2.45, 2.75) is 25.7 Å². The van der Waals surface area contributed by atoms with E-state index in [1.165, 1.54) is 0 Å². The normalized spacial score (nSPS) is 15.8. The first-order valence-electron chi connectivity index (χ1n) is 8.20. The quantitative estimate of drug-likeness (QED) is 0.718. The second-order valence-corrected chi connectivity index (χ2v) is 5.92. The summed E-state index contributed by atoms with van der Waals surface area (Å²) in [4.78, 5) is 10.8. The van der Waals surface area contributed by atoms with E-state index in [2.05, 4.69) is 23.2 Å². The van der Waals surface area contributed by atoms with Gasteiger partial charge in [0.05, 0.1) is 5.92 Å². The van der Waals surface area contributed by atoms with Crippen molar-refractivity contribution in [1.82, 2.24) is 10.2 Å². The molecule has 0 radical (unpaired) electrons. The Morgan fingerprint density at radius 2 is 2.15 bits per heavy atom. The number of nitrogens with one attached hydrogen (secondary N) is 1. The van der Waals surface area contributed by atoms with Crippen LogP contribution in [-0.4, -0.2) is 22.7 Å². The largest absolute Gasteiger partial charge is 0.484 e. The predicted molar refractivity (Wildman–Crippen MR) is 93.0 cm³/mol. The maximum absolute atomic E-state index is 10.8. The highest BCUT2D eigenvalue weighted by atomic mass is 16.5. The van der Waals surface area contributed by atoms with Gasteiger partial charge in [-0.05, 0) is 24.1 Å². The van der Waals surface area contributed by atoms with E-state index >= 15 is 0 Å². The lowest BCUT2D eigenvalue weighted by Gasteiger charge is -2.24. The van der Waals surface area contributed by atoms with Crippen molar-refractivity contribution in [3.63, 3.8) is 0 Å². The molecule has 0 saturated carbocycles. The Morgan fingerprint density at radius 3 is 2.77 bits per heavy atom. The van der Waals surface area contributed by atoms with Crippen molar-refractivity contribution in [2.24, 2.45) is 11.5 Å². The number of amides is 1. The number of hydrogen-bond acceptors (Lipinski definition) is 6. The van der Waals surface area contributed by atoms with Crippen LogP contribution in [-0.2, 0) is 11.2 Å². The van der Waals surface area contributed by atoms with Crippen LogP contribution in [0.25, 0.3) is 0 Å². The van der Waals surface area contributed by atoms with E-state index in [1.807, 2.05) is 12.1 Å². The van der Waals surface area contributed by atoms with Crippen LogP contribution in [0.4, 0.5) is 0 Å². The number of carbonyl (C=O) groups excluding carboxylic acids is 1. The molecule has 1 aliphatic rings. The van der Waals surface area contributed by atoms with Crippen molar-refractivity contribution >= 4 is 5.91 Å². The van der Waals surface area contributed by atoms with Gasteiger partial charge in [-0.3, -0.25) is 9.89 Å². The summed E-state index contributed by atoms with van der Waals surface area (Å²) in [5.74, 6) is 0.0244. The topological polar surface area (TPSA) is 140 Å². The molecule has 1 atom stereocenters. The zero-order valence-corrected chi connectivity index (χ0v) is 14.3. The number of carbonyl (C=O) groups is 1. The molecule has 134 valence electrons. The number of nitrogens with two attached hydrogens (primary N) is 2. The van der Waals surface area contributed by atoms with Crippen LogP contribution >= 0.6 is 0 Å². The van der Waals surface area contributed by atoms with Crippen LogP contribution < -0.4 is 20.9 Å². The molecule has 0 bridgehead atoms. The van der Waals surface area contributed by atoms with Crippen molar-refractivity contribution in [2.75, 3.05) is 6.61 Å². The van der Waals surface area contributed by atoms with Crippen molar-refractivity contribution in [3.05, 3.63) is 52.5 Å². The van der Waals surface area contributed by atoms with Gasteiger partial charge in [0.25, 0.3) is 5.91 Å². The smallest absolute Gasteiger partial charge is 0.255 e. The number of hydrogen-bond donors (Lipinski definition) is 3. The Kier molecular flexibility index (Phi) is 4.80. The fourth-order valence-corrected chi connectivity index (χ4v) is 2.99. The van der Waals surface area contributed by atoms with Crippen LogP contribution in [0.5, 0.6) is 11.6 Å². The van der Waals surface area contributed by atoms with E-state index in [0.717, 1.165) is 29.7 Å². The van der Waals surface area contributed by atoms with Gasteiger partial charge in [-0.25, -0.2) is 0 Å². The number of aromatic nitrogens is 2. The van der Waals surface area contributed by atoms with Gasteiger partial charge in [0.15, 0.2) is 6.61 Å². The van der Waals surface area contributed by atoms with E-state index in [-0.39, 0.29) is 18.4 Å². The van der Waals surface area contributed by atoms with Gasteiger partial charge in [-0.15, -0.1) is 5.10 Å². The Hall–Kier alpha value is -3.47. The molecule has 0 unspecified atom stereocenters. The number of benzene rings is 1. The average Bonchev–Trinajstić information content (AvgIpc) is 3.02. The summed E-state index contributed by atoms with van der Waals surface area (Å²) in [7, 11) is 0. The Labute approximate surface area is 150 Å². The van der Waals surface area contributed by atoms with Crippen LogP contribution in [0.3, 0.4) is 0 Å². The highest BCUT2D eigenvalue weighted by molar-refractivity contribution is 5.75. The van der Waals surface area contributed by atoms with Gasteiger partial charge >= 0.3 is 0 Å². The van der Waals surface area contributed by atoms with E-state index in [1.54, 1.807) is 12.1 Å². The van der Waals surface area contributed by atoms with Gasteiger partial charge < -0.3 is 20.9 Å². The summed E-state index contributed by atoms with van der Waals surface area (Å²) in [5, 5.41) is 16.8. The first kappa shape index (κ1) is 17.4. The number of allylic oxidation sites excluding steroid dienone is 1. The summed E-state index contributed by atoms with van der Waals surface area (Å²) >= 11 is 0. The molecule has 8 heteroatoms. The maximum Gasteiger partial charge on any atom is 0.255 e. The standard InChI is InChI=1S/C18H19N5O3/c1-2-3-13-16-15(12(8-19)17(21)26-18(16)23-22-13)10-4-6-11(7-5-10)25-9-14(20)24/h4-7,15H,2-3,9,21H2,1H3,(H2,20,24)(H,22,23)/t15-/m0/s1. The molecule has 0 aliphatic carbocycles. The summed E-state index contributed by atoms with van der Waals surface area (Å²) in [6, 6.07) is 9.24. The zero-order valence-electron chi connectivity index (χ0n) is 14.3. The molecule has 26 heavy (non-hydrogen) atoms. The van der Waals surface area contributed by atoms with E-state index in [0.29, 0.717) is 17.2 Å². The predicted octanol–water partition coefficient (Wildman–Crippen LogP) is 1.44. The van der Waals surface area contributed by atoms with Crippen molar-refractivity contribution < 1.29 is 14.3 Å². The lowest BCUT2D eigenvalue weighted by Crippen LogP contribution is -2.21. The molecule has 8 nitrogen and oxygen atoms in total. The van der Waals surface area contributed by atoms with Gasteiger partial charge in [-0.1, -0.05) is 25.5 Å². The highest BCUT2D eigenvalue weighted by Gasteiger charge is 2.34. The average molecular weight is 353 g/mol. The second kappa shape index (κ2) is 7.19. The lowest BCUT2D eigenvalue weighted by molar-refractivity contribution is -0.119. The number of aromatic amines is 1. The summed E-state index contributed by atoms with van der Waals surface area (Å²) in [6.45, 7) is 1.87. The number of primary amides is 1. The molecule has 2 aromatic rings. The number of H-pyrrole nitrogens is 1. The van der Waals surface area contributed by atoms with Gasteiger partial charge in [0, 0.05) is 11.3 Å². The number of nitrogens with zero attached hydrogens (tertiary/aromatic N) is 2. The van der Waals surface area contributed by atoms with Crippen molar-refractivity contribution in [1.29, 1.82) is 5.26 Å². The third kappa shape index (κ3) is 3.19. The molecule has 1 aromatic heterocycles.